The van der Waals surface area contributed by atoms with E-state index < -0.39 is 22.0 Å². The molecule has 0 radical (unpaired) electrons. The molecule has 1 unspecified atom stereocenters. The molecular weight excluding hydrogens is 503 g/mol. The molecule has 0 spiro atoms. The summed E-state index contributed by atoms with van der Waals surface area (Å²) in [6.07, 6.45) is 9.20. The molecule has 0 aliphatic carbocycles. The maximum Gasteiger partial charge on any atom is 0.321 e. The first-order valence-electron chi connectivity index (χ1n) is 10.1. The first-order valence-corrected chi connectivity index (χ1v) is 13.5. The molecule has 6 nitrogen and oxygen atoms in total. The van der Waals surface area contributed by atoms with Crippen molar-refractivity contribution in [3.05, 3.63) is 58.1 Å². The number of unbranched alkanes of at least 4 members (excludes halogenated alkanes) is 1. The van der Waals surface area contributed by atoms with E-state index in [0.29, 0.717) is 46.7 Å². The van der Waals surface area contributed by atoms with Crippen molar-refractivity contribution in [2.45, 2.75) is 30.7 Å². The standard InChI is InChI=1S/C21H24Cl2N2O4S2.C2H2/c1-15-4-7-17(8-5-15)31(28,29)25(19-12-16(22)6-9-18(19)23)11-3-2-10-24-14-30-13-20(24)21(26)27;1-2/h4-9,12,20H,2-3,10-11,13-14H2,1H3,(H,26,27);1-2H. The number of carboxylic acids is 1. The minimum Gasteiger partial charge on any atom is -0.480 e. The minimum absolute atomic E-state index is 0.177. The number of carbonyl (C=O) groups is 1. The maximum absolute atomic E-state index is 13.4. The number of thioether (sulfide) groups is 1. The molecule has 0 aromatic heterocycles. The average molecular weight is 530 g/mol. The Morgan fingerprint density at radius 1 is 1.18 bits per heavy atom. The third kappa shape index (κ3) is 7.05. The lowest BCUT2D eigenvalue weighted by molar-refractivity contribution is -0.141. The van der Waals surface area contributed by atoms with Crippen molar-refractivity contribution in [1.29, 1.82) is 0 Å². The van der Waals surface area contributed by atoms with E-state index in [4.69, 9.17) is 23.2 Å². The fraction of sp³-hybridized carbons (Fsp3) is 0.348. The van der Waals surface area contributed by atoms with Crippen LogP contribution < -0.4 is 4.31 Å². The third-order valence-electron chi connectivity index (χ3n) is 5.10. The highest BCUT2D eigenvalue weighted by Crippen LogP contribution is 2.33. The quantitative estimate of drug-likeness (QED) is 0.365. The van der Waals surface area contributed by atoms with E-state index in [9.17, 15) is 18.3 Å². The van der Waals surface area contributed by atoms with Crippen LogP contribution >= 0.6 is 35.0 Å². The molecule has 1 heterocycles. The Morgan fingerprint density at radius 3 is 2.48 bits per heavy atom. The summed E-state index contributed by atoms with van der Waals surface area (Å²) in [5, 5.41) is 10.0. The number of sulfonamides is 1. The Labute approximate surface area is 209 Å². The fourth-order valence-electron chi connectivity index (χ4n) is 3.38. The number of hydrogen-bond donors (Lipinski definition) is 1. The summed E-state index contributed by atoms with van der Waals surface area (Å²) >= 11 is 14.1. The average Bonchev–Trinajstić information content (AvgIpc) is 3.26. The van der Waals surface area contributed by atoms with Gasteiger partial charge in [0.1, 0.15) is 6.04 Å². The van der Waals surface area contributed by atoms with E-state index in [2.05, 4.69) is 12.8 Å². The van der Waals surface area contributed by atoms with E-state index >= 15 is 0 Å². The summed E-state index contributed by atoms with van der Waals surface area (Å²) in [7, 11) is -3.86. The number of halogens is 2. The highest BCUT2D eigenvalue weighted by molar-refractivity contribution is 7.99. The third-order valence-corrected chi connectivity index (χ3v) is 8.55. The topological polar surface area (TPSA) is 77.9 Å². The fourth-order valence-corrected chi connectivity index (χ4v) is 6.56. The van der Waals surface area contributed by atoms with Crippen LogP contribution in [0.25, 0.3) is 0 Å². The van der Waals surface area contributed by atoms with Gasteiger partial charge in [0.15, 0.2) is 0 Å². The molecular formula is C23H26Cl2N2O4S2. The van der Waals surface area contributed by atoms with Crippen LogP contribution in [0.4, 0.5) is 5.69 Å². The molecule has 1 atom stereocenters. The number of terminal acetylenes is 1. The molecule has 0 bridgehead atoms. The summed E-state index contributed by atoms with van der Waals surface area (Å²) in [6, 6.07) is 10.9. The van der Waals surface area contributed by atoms with Gasteiger partial charge in [-0.15, -0.1) is 24.6 Å². The number of benzene rings is 2. The van der Waals surface area contributed by atoms with Crippen LogP contribution in [0.15, 0.2) is 47.4 Å². The predicted molar refractivity (Wildman–Crippen MR) is 137 cm³/mol. The molecule has 1 N–H and O–H groups in total. The van der Waals surface area contributed by atoms with E-state index in [-0.39, 0.29) is 11.4 Å². The minimum atomic E-state index is -3.86. The largest absolute Gasteiger partial charge is 0.480 e. The Morgan fingerprint density at radius 2 is 1.85 bits per heavy atom. The van der Waals surface area contributed by atoms with Gasteiger partial charge in [-0.3, -0.25) is 14.0 Å². The Balaban J connectivity index is 0.00000187. The van der Waals surface area contributed by atoms with Gasteiger partial charge in [-0.05, 0) is 56.6 Å². The molecule has 1 aliphatic heterocycles. The maximum atomic E-state index is 13.4. The van der Waals surface area contributed by atoms with Gasteiger partial charge >= 0.3 is 5.97 Å². The lowest BCUT2D eigenvalue weighted by atomic mass is 10.2. The lowest BCUT2D eigenvalue weighted by Crippen LogP contribution is -2.38. The molecule has 3 rings (SSSR count). The number of rotatable bonds is 9. The number of nitrogens with zero attached hydrogens (tertiary/aromatic N) is 2. The van der Waals surface area contributed by atoms with Crippen LogP contribution in [-0.4, -0.2) is 55.2 Å². The first-order chi connectivity index (χ1) is 15.7. The summed E-state index contributed by atoms with van der Waals surface area (Å²) < 4.78 is 28.2. The van der Waals surface area contributed by atoms with Crippen molar-refractivity contribution in [2.75, 3.05) is 29.0 Å². The second-order valence-electron chi connectivity index (χ2n) is 7.36. The summed E-state index contributed by atoms with van der Waals surface area (Å²) in [5.74, 6) is 0.420. The van der Waals surface area contributed by atoms with Crippen molar-refractivity contribution in [2.24, 2.45) is 0 Å². The Hall–Kier alpha value is -1.89. The van der Waals surface area contributed by atoms with Crippen molar-refractivity contribution >= 4 is 56.6 Å². The van der Waals surface area contributed by atoms with Gasteiger partial charge in [-0.1, -0.05) is 40.9 Å². The summed E-state index contributed by atoms with van der Waals surface area (Å²) in [6.45, 7) is 2.68. The molecule has 0 amide bonds. The van der Waals surface area contributed by atoms with Crippen LogP contribution in [0.3, 0.4) is 0 Å². The second-order valence-corrected chi connectivity index (χ2v) is 11.1. The van der Waals surface area contributed by atoms with Gasteiger partial charge in [0.05, 0.1) is 15.6 Å². The van der Waals surface area contributed by atoms with Crippen LogP contribution in [-0.2, 0) is 14.8 Å². The Kier molecular flexibility index (Phi) is 10.4. The molecule has 2 aromatic rings. The molecule has 1 fully saturated rings. The summed E-state index contributed by atoms with van der Waals surface area (Å²) in [5.41, 5.74) is 1.29. The van der Waals surface area contributed by atoms with E-state index in [1.165, 1.54) is 4.31 Å². The number of hydrogen-bond acceptors (Lipinski definition) is 5. The van der Waals surface area contributed by atoms with E-state index in [0.717, 1.165) is 5.56 Å². The molecule has 0 saturated carbocycles. The Bertz CT molecular complexity index is 1080. The molecule has 33 heavy (non-hydrogen) atoms. The molecule has 1 saturated heterocycles. The molecule has 10 heteroatoms. The van der Waals surface area contributed by atoms with Crippen molar-refractivity contribution in [1.82, 2.24) is 4.90 Å². The van der Waals surface area contributed by atoms with E-state index in [1.54, 1.807) is 54.2 Å². The normalized spacial score (nSPS) is 16.1. The van der Waals surface area contributed by atoms with Crippen molar-refractivity contribution < 1.29 is 18.3 Å². The van der Waals surface area contributed by atoms with Gasteiger partial charge in [0.25, 0.3) is 10.0 Å². The highest BCUT2D eigenvalue weighted by Gasteiger charge is 2.31. The van der Waals surface area contributed by atoms with Crippen LogP contribution in [0.1, 0.15) is 18.4 Å². The predicted octanol–water partition coefficient (Wildman–Crippen LogP) is 4.99. The molecule has 178 valence electrons. The zero-order valence-electron chi connectivity index (χ0n) is 18.2. The van der Waals surface area contributed by atoms with E-state index in [1.807, 2.05) is 11.8 Å². The van der Waals surface area contributed by atoms with Gasteiger partial charge in [0.2, 0.25) is 0 Å². The number of aliphatic carboxylic acids is 1. The zero-order valence-corrected chi connectivity index (χ0v) is 21.3. The SMILES string of the molecule is C#C.Cc1ccc(S(=O)(=O)N(CCCCN2CSCC2C(=O)O)c2cc(Cl)ccc2Cl)cc1. The second kappa shape index (κ2) is 12.5. The van der Waals surface area contributed by atoms with Crippen molar-refractivity contribution in [3.8, 4) is 12.8 Å². The lowest BCUT2D eigenvalue weighted by Gasteiger charge is -2.26. The van der Waals surface area contributed by atoms with Gasteiger partial charge in [-0.25, -0.2) is 8.42 Å². The van der Waals surface area contributed by atoms with Crippen molar-refractivity contribution in [3.63, 3.8) is 0 Å². The number of aryl methyl sites for hydroxylation is 1. The molecule has 1 aliphatic rings. The van der Waals surface area contributed by atoms with Crippen LogP contribution in [0, 0.1) is 19.8 Å². The first kappa shape index (κ1) is 27.4. The number of anilines is 1. The number of carboxylic acid groups (broad SMARTS) is 1. The van der Waals surface area contributed by atoms with Crippen LogP contribution in [0.2, 0.25) is 10.0 Å². The highest BCUT2D eigenvalue weighted by atomic mass is 35.5. The van der Waals surface area contributed by atoms with Gasteiger partial charge in [-0.2, -0.15) is 0 Å². The monoisotopic (exact) mass is 528 g/mol. The smallest absolute Gasteiger partial charge is 0.321 e. The summed E-state index contributed by atoms with van der Waals surface area (Å²) in [4.78, 5) is 13.4. The van der Waals surface area contributed by atoms with Gasteiger partial charge in [0, 0.05) is 23.2 Å². The molecule has 2 aromatic carbocycles. The zero-order chi connectivity index (χ0) is 24.6. The van der Waals surface area contributed by atoms with Crippen LogP contribution in [0.5, 0.6) is 0 Å². The van der Waals surface area contributed by atoms with Gasteiger partial charge < -0.3 is 5.11 Å².